The van der Waals surface area contributed by atoms with Crippen molar-refractivity contribution in [2.45, 2.75) is 19.8 Å². The van der Waals surface area contributed by atoms with Gasteiger partial charge in [-0.1, -0.05) is 35.8 Å². The van der Waals surface area contributed by atoms with E-state index in [2.05, 4.69) is 15.9 Å². The molecular weight excluding hydrogens is 260 g/mol. The summed E-state index contributed by atoms with van der Waals surface area (Å²) in [5, 5.41) is 8.54. The van der Waals surface area contributed by atoms with E-state index in [0.717, 1.165) is 10.0 Å². The Labute approximate surface area is 97.2 Å². The molecule has 4 heteroatoms. The molecule has 0 fully saturated rings. The van der Waals surface area contributed by atoms with Gasteiger partial charge < -0.3 is 9.84 Å². The molecule has 1 aromatic rings. The van der Waals surface area contributed by atoms with Crippen LogP contribution in [0.5, 0.6) is 5.75 Å². The molecule has 1 rings (SSSR count). The molecule has 0 saturated carbocycles. The predicted octanol–water partition coefficient (Wildman–Crippen LogP) is 3.04. The second kappa shape index (κ2) is 5.16. The van der Waals surface area contributed by atoms with E-state index < -0.39 is 5.97 Å². The SMILES string of the molecule is CC(C)c1ccc(Br)cc1OCC(=O)O. The Morgan fingerprint density at radius 2 is 2.20 bits per heavy atom. The Bertz CT molecular complexity index is 361. The number of ether oxygens (including phenoxy) is 1. The van der Waals surface area contributed by atoms with E-state index >= 15 is 0 Å². The zero-order chi connectivity index (χ0) is 11.4. The fourth-order valence-corrected chi connectivity index (χ4v) is 1.59. The Balaban J connectivity index is 2.91. The topological polar surface area (TPSA) is 46.5 Å². The quantitative estimate of drug-likeness (QED) is 0.917. The number of carbonyl (C=O) groups is 1. The average molecular weight is 273 g/mol. The fourth-order valence-electron chi connectivity index (χ4n) is 1.25. The highest BCUT2D eigenvalue weighted by molar-refractivity contribution is 9.10. The van der Waals surface area contributed by atoms with E-state index in [1.54, 1.807) is 6.07 Å². The standard InChI is InChI=1S/C11H13BrO3/c1-7(2)9-4-3-8(12)5-10(9)15-6-11(13)14/h3-5,7H,6H2,1-2H3,(H,13,14). The van der Waals surface area contributed by atoms with Gasteiger partial charge in [-0.25, -0.2) is 4.79 Å². The minimum Gasteiger partial charge on any atom is -0.482 e. The lowest BCUT2D eigenvalue weighted by Crippen LogP contribution is -2.10. The van der Waals surface area contributed by atoms with Crippen molar-refractivity contribution in [2.24, 2.45) is 0 Å². The highest BCUT2D eigenvalue weighted by Gasteiger charge is 2.09. The summed E-state index contributed by atoms with van der Waals surface area (Å²) in [4.78, 5) is 10.4. The molecule has 0 aliphatic carbocycles. The van der Waals surface area contributed by atoms with Gasteiger partial charge in [-0.15, -0.1) is 0 Å². The average Bonchev–Trinajstić information content (AvgIpc) is 2.14. The Hall–Kier alpha value is -1.03. The molecule has 0 aromatic heterocycles. The third kappa shape index (κ3) is 3.55. The van der Waals surface area contributed by atoms with Gasteiger partial charge in [-0.2, -0.15) is 0 Å². The van der Waals surface area contributed by atoms with Crippen LogP contribution in [0.15, 0.2) is 22.7 Å². The van der Waals surface area contributed by atoms with E-state index in [-0.39, 0.29) is 6.61 Å². The lowest BCUT2D eigenvalue weighted by atomic mass is 10.0. The molecule has 1 aromatic carbocycles. The Kier molecular flexibility index (Phi) is 4.15. The predicted molar refractivity (Wildman–Crippen MR) is 61.4 cm³/mol. The van der Waals surface area contributed by atoms with Crippen LogP contribution in [0.4, 0.5) is 0 Å². The first-order valence-corrected chi connectivity index (χ1v) is 5.44. The number of aliphatic carboxylic acids is 1. The van der Waals surface area contributed by atoms with Crippen LogP contribution < -0.4 is 4.74 Å². The number of benzene rings is 1. The summed E-state index contributed by atoms with van der Waals surface area (Å²) >= 11 is 3.33. The van der Waals surface area contributed by atoms with Crippen LogP contribution in [0.3, 0.4) is 0 Å². The number of carboxylic acids is 1. The third-order valence-corrected chi connectivity index (χ3v) is 2.44. The van der Waals surface area contributed by atoms with E-state index in [4.69, 9.17) is 9.84 Å². The van der Waals surface area contributed by atoms with Crippen molar-refractivity contribution in [2.75, 3.05) is 6.61 Å². The summed E-state index contributed by atoms with van der Waals surface area (Å²) in [7, 11) is 0. The maximum Gasteiger partial charge on any atom is 0.341 e. The number of hydrogen-bond acceptors (Lipinski definition) is 2. The van der Waals surface area contributed by atoms with Crippen LogP contribution in [0.2, 0.25) is 0 Å². The molecular formula is C11H13BrO3. The van der Waals surface area contributed by atoms with Crippen molar-refractivity contribution in [3.63, 3.8) is 0 Å². The molecule has 15 heavy (non-hydrogen) atoms. The van der Waals surface area contributed by atoms with E-state index in [9.17, 15) is 4.79 Å². The normalized spacial score (nSPS) is 10.4. The molecule has 0 amide bonds. The first-order chi connectivity index (χ1) is 7.00. The number of rotatable bonds is 4. The molecule has 0 spiro atoms. The Morgan fingerprint density at radius 1 is 1.53 bits per heavy atom. The largest absolute Gasteiger partial charge is 0.482 e. The Morgan fingerprint density at radius 3 is 2.73 bits per heavy atom. The molecule has 0 heterocycles. The van der Waals surface area contributed by atoms with Crippen LogP contribution in [-0.4, -0.2) is 17.7 Å². The monoisotopic (exact) mass is 272 g/mol. The number of hydrogen-bond donors (Lipinski definition) is 1. The molecule has 0 aliphatic heterocycles. The van der Waals surface area contributed by atoms with Gasteiger partial charge in [-0.3, -0.25) is 0 Å². The first-order valence-electron chi connectivity index (χ1n) is 4.64. The van der Waals surface area contributed by atoms with Crippen molar-refractivity contribution in [3.8, 4) is 5.75 Å². The maximum atomic E-state index is 10.4. The van der Waals surface area contributed by atoms with Gasteiger partial charge in [0.2, 0.25) is 0 Å². The summed E-state index contributed by atoms with van der Waals surface area (Å²) in [6, 6.07) is 5.65. The molecule has 0 saturated heterocycles. The van der Waals surface area contributed by atoms with Gasteiger partial charge in [0, 0.05) is 4.47 Å². The molecule has 0 radical (unpaired) electrons. The lowest BCUT2D eigenvalue weighted by Gasteiger charge is -2.13. The summed E-state index contributed by atoms with van der Waals surface area (Å²) in [5.41, 5.74) is 1.01. The zero-order valence-electron chi connectivity index (χ0n) is 8.66. The highest BCUT2D eigenvalue weighted by atomic mass is 79.9. The van der Waals surface area contributed by atoms with Crippen LogP contribution in [0.1, 0.15) is 25.3 Å². The van der Waals surface area contributed by atoms with Crippen LogP contribution in [0, 0.1) is 0 Å². The van der Waals surface area contributed by atoms with E-state index in [1.807, 2.05) is 26.0 Å². The molecule has 0 unspecified atom stereocenters. The van der Waals surface area contributed by atoms with Gasteiger partial charge in [0.25, 0.3) is 0 Å². The lowest BCUT2D eigenvalue weighted by molar-refractivity contribution is -0.139. The van der Waals surface area contributed by atoms with Gasteiger partial charge in [0.05, 0.1) is 0 Å². The fraction of sp³-hybridized carbons (Fsp3) is 0.364. The molecule has 0 aliphatic rings. The second-order valence-electron chi connectivity index (χ2n) is 3.52. The van der Waals surface area contributed by atoms with Crippen LogP contribution >= 0.6 is 15.9 Å². The second-order valence-corrected chi connectivity index (χ2v) is 4.43. The first kappa shape index (κ1) is 12.0. The van der Waals surface area contributed by atoms with E-state index in [1.165, 1.54) is 0 Å². The summed E-state index contributed by atoms with van der Waals surface area (Å²) < 4.78 is 6.09. The summed E-state index contributed by atoms with van der Waals surface area (Å²) in [5.74, 6) is -0.0339. The van der Waals surface area contributed by atoms with Crippen molar-refractivity contribution in [3.05, 3.63) is 28.2 Å². The smallest absolute Gasteiger partial charge is 0.341 e. The zero-order valence-corrected chi connectivity index (χ0v) is 10.2. The number of carboxylic acid groups (broad SMARTS) is 1. The third-order valence-electron chi connectivity index (χ3n) is 1.95. The van der Waals surface area contributed by atoms with Crippen molar-refractivity contribution in [1.82, 2.24) is 0 Å². The van der Waals surface area contributed by atoms with Crippen molar-refractivity contribution < 1.29 is 14.6 Å². The maximum absolute atomic E-state index is 10.4. The minimum atomic E-state index is -0.968. The van der Waals surface area contributed by atoms with Gasteiger partial charge >= 0.3 is 5.97 Å². The van der Waals surface area contributed by atoms with Gasteiger partial charge in [0.1, 0.15) is 5.75 Å². The molecule has 0 bridgehead atoms. The molecule has 82 valence electrons. The molecule has 0 atom stereocenters. The van der Waals surface area contributed by atoms with Crippen molar-refractivity contribution >= 4 is 21.9 Å². The number of halogens is 1. The summed E-state index contributed by atoms with van der Waals surface area (Å²) in [6.07, 6.45) is 0. The highest BCUT2D eigenvalue weighted by Crippen LogP contribution is 2.29. The molecule has 1 N–H and O–H groups in total. The summed E-state index contributed by atoms with van der Waals surface area (Å²) in [6.45, 7) is 3.77. The van der Waals surface area contributed by atoms with Gasteiger partial charge in [-0.05, 0) is 23.6 Å². The van der Waals surface area contributed by atoms with Crippen LogP contribution in [-0.2, 0) is 4.79 Å². The van der Waals surface area contributed by atoms with Crippen LogP contribution in [0.25, 0.3) is 0 Å². The minimum absolute atomic E-state index is 0.307. The van der Waals surface area contributed by atoms with E-state index in [0.29, 0.717) is 11.7 Å². The van der Waals surface area contributed by atoms with Gasteiger partial charge in [0.15, 0.2) is 6.61 Å². The van der Waals surface area contributed by atoms with Crippen molar-refractivity contribution in [1.29, 1.82) is 0 Å². The molecule has 3 nitrogen and oxygen atoms in total.